The number of amides is 1. The number of nitrogens with zero attached hydrogens (tertiary/aromatic N) is 3. The summed E-state index contributed by atoms with van der Waals surface area (Å²) in [4.78, 5) is 21.9. The van der Waals surface area contributed by atoms with Crippen LogP contribution in [0.4, 0.5) is 5.82 Å². The zero-order valence-electron chi connectivity index (χ0n) is 10.0. The van der Waals surface area contributed by atoms with Gasteiger partial charge >= 0.3 is 0 Å². The van der Waals surface area contributed by atoms with Gasteiger partial charge in [-0.3, -0.25) is 9.78 Å². The van der Waals surface area contributed by atoms with Crippen LogP contribution < -0.4 is 5.32 Å². The predicted molar refractivity (Wildman–Crippen MR) is 63.4 cm³/mol. The normalized spacial score (nSPS) is 9.94. The van der Waals surface area contributed by atoms with Crippen molar-refractivity contribution >= 4 is 11.7 Å². The molecule has 88 valence electrons. The van der Waals surface area contributed by atoms with E-state index >= 15 is 0 Å². The highest BCUT2D eigenvalue weighted by atomic mass is 16.2. The Hall–Kier alpha value is -1.65. The van der Waals surface area contributed by atoms with Gasteiger partial charge in [0.2, 0.25) is 0 Å². The third kappa shape index (κ3) is 2.92. The van der Waals surface area contributed by atoms with E-state index < -0.39 is 0 Å². The Kier molecular flexibility index (Phi) is 4.69. The molecule has 0 bridgehead atoms. The number of nitrogens with one attached hydrogen (secondary N) is 1. The van der Waals surface area contributed by atoms with Crippen LogP contribution in [-0.4, -0.2) is 40.4 Å². The van der Waals surface area contributed by atoms with Crippen molar-refractivity contribution in [3.05, 3.63) is 18.1 Å². The van der Waals surface area contributed by atoms with Crippen LogP contribution in [0.5, 0.6) is 0 Å². The number of carbonyl (C=O) groups is 1. The molecule has 1 aromatic rings. The largest absolute Gasteiger partial charge is 0.369 e. The third-order valence-electron chi connectivity index (χ3n) is 2.26. The van der Waals surface area contributed by atoms with E-state index in [9.17, 15) is 4.79 Å². The summed E-state index contributed by atoms with van der Waals surface area (Å²) >= 11 is 0. The number of anilines is 1. The Labute approximate surface area is 95.9 Å². The maximum Gasteiger partial charge on any atom is 0.274 e. The van der Waals surface area contributed by atoms with Crippen LogP contribution >= 0.6 is 0 Å². The summed E-state index contributed by atoms with van der Waals surface area (Å²) in [5.74, 6) is 0.567. The molecule has 16 heavy (non-hydrogen) atoms. The molecule has 0 aromatic carbocycles. The van der Waals surface area contributed by atoms with Crippen LogP contribution in [-0.2, 0) is 0 Å². The topological polar surface area (TPSA) is 58.1 Å². The van der Waals surface area contributed by atoms with Gasteiger partial charge in [-0.25, -0.2) is 4.98 Å². The fraction of sp³-hybridized carbons (Fsp3) is 0.545. The highest BCUT2D eigenvalue weighted by molar-refractivity contribution is 5.92. The van der Waals surface area contributed by atoms with Crippen LogP contribution in [0.1, 0.15) is 31.3 Å². The van der Waals surface area contributed by atoms with Crippen LogP contribution in [0.15, 0.2) is 12.4 Å². The molecule has 0 atom stereocenters. The van der Waals surface area contributed by atoms with E-state index in [0.29, 0.717) is 24.6 Å². The van der Waals surface area contributed by atoms with Gasteiger partial charge in [-0.2, -0.15) is 0 Å². The molecule has 0 saturated heterocycles. The SMILES string of the molecule is CCNc1cncc(C(=O)N(CC)CC)n1. The first-order chi connectivity index (χ1) is 7.72. The smallest absolute Gasteiger partial charge is 0.274 e. The van der Waals surface area contributed by atoms with E-state index in [2.05, 4.69) is 15.3 Å². The molecule has 1 aromatic heterocycles. The number of carbonyl (C=O) groups excluding carboxylic acids is 1. The van der Waals surface area contributed by atoms with E-state index in [-0.39, 0.29) is 5.91 Å². The summed E-state index contributed by atoms with van der Waals surface area (Å²) in [6.45, 7) is 8.00. The molecule has 0 aliphatic carbocycles. The van der Waals surface area contributed by atoms with E-state index in [1.54, 1.807) is 11.1 Å². The minimum absolute atomic E-state index is 0.0720. The lowest BCUT2D eigenvalue weighted by atomic mass is 10.3. The molecule has 0 spiro atoms. The second kappa shape index (κ2) is 6.05. The molecule has 1 N–H and O–H groups in total. The molecule has 0 unspecified atom stereocenters. The van der Waals surface area contributed by atoms with E-state index in [1.807, 2.05) is 20.8 Å². The van der Waals surface area contributed by atoms with Crippen LogP contribution in [0, 0.1) is 0 Å². The van der Waals surface area contributed by atoms with Gasteiger partial charge in [0, 0.05) is 19.6 Å². The molecule has 0 saturated carbocycles. The van der Waals surface area contributed by atoms with Crippen LogP contribution in [0.2, 0.25) is 0 Å². The summed E-state index contributed by atoms with van der Waals surface area (Å²) in [7, 11) is 0. The van der Waals surface area contributed by atoms with Gasteiger partial charge in [-0.05, 0) is 20.8 Å². The maximum atomic E-state index is 12.0. The average Bonchev–Trinajstić information content (AvgIpc) is 2.31. The quantitative estimate of drug-likeness (QED) is 0.818. The molecule has 0 aliphatic rings. The summed E-state index contributed by atoms with van der Waals surface area (Å²) in [6.07, 6.45) is 3.12. The highest BCUT2D eigenvalue weighted by Gasteiger charge is 2.14. The Bertz CT molecular complexity index is 350. The lowest BCUT2D eigenvalue weighted by Gasteiger charge is -2.17. The van der Waals surface area contributed by atoms with Crippen molar-refractivity contribution in [2.75, 3.05) is 25.0 Å². The van der Waals surface area contributed by atoms with Crippen molar-refractivity contribution in [1.82, 2.24) is 14.9 Å². The van der Waals surface area contributed by atoms with Crippen LogP contribution in [0.25, 0.3) is 0 Å². The Morgan fingerprint density at radius 3 is 2.56 bits per heavy atom. The van der Waals surface area contributed by atoms with E-state index in [0.717, 1.165) is 6.54 Å². The Morgan fingerprint density at radius 1 is 1.31 bits per heavy atom. The molecular weight excluding hydrogens is 204 g/mol. The second-order valence-electron chi connectivity index (χ2n) is 3.30. The average molecular weight is 222 g/mol. The fourth-order valence-corrected chi connectivity index (χ4v) is 1.41. The maximum absolute atomic E-state index is 12.0. The highest BCUT2D eigenvalue weighted by Crippen LogP contribution is 2.05. The zero-order chi connectivity index (χ0) is 12.0. The fourth-order valence-electron chi connectivity index (χ4n) is 1.41. The molecule has 1 amide bonds. The van der Waals surface area contributed by atoms with Gasteiger partial charge in [0.25, 0.3) is 5.91 Å². The molecule has 0 aliphatic heterocycles. The van der Waals surface area contributed by atoms with Gasteiger partial charge in [-0.1, -0.05) is 0 Å². The first kappa shape index (κ1) is 12.4. The number of hydrogen-bond acceptors (Lipinski definition) is 4. The predicted octanol–water partition coefficient (Wildman–Crippen LogP) is 1.39. The third-order valence-corrected chi connectivity index (χ3v) is 2.26. The minimum Gasteiger partial charge on any atom is -0.369 e. The standard InChI is InChI=1S/C11H18N4O/c1-4-13-10-8-12-7-9(14-10)11(16)15(5-2)6-3/h7-8H,4-6H2,1-3H3,(H,13,14). The zero-order valence-corrected chi connectivity index (χ0v) is 10.0. The van der Waals surface area contributed by atoms with E-state index in [4.69, 9.17) is 0 Å². The molecule has 1 heterocycles. The van der Waals surface area contributed by atoms with Gasteiger partial charge in [0.1, 0.15) is 11.5 Å². The molecule has 0 fully saturated rings. The van der Waals surface area contributed by atoms with Gasteiger partial charge in [-0.15, -0.1) is 0 Å². The molecule has 0 radical (unpaired) electrons. The molecular formula is C11H18N4O. The van der Waals surface area contributed by atoms with Crippen molar-refractivity contribution in [3.8, 4) is 0 Å². The van der Waals surface area contributed by atoms with Crippen molar-refractivity contribution in [1.29, 1.82) is 0 Å². The Morgan fingerprint density at radius 2 is 2.00 bits per heavy atom. The lowest BCUT2D eigenvalue weighted by molar-refractivity contribution is 0.0767. The number of hydrogen-bond donors (Lipinski definition) is 1. The first-order valence-electron chi connectivity index (χ1n) is 5.58. The van der Waals surface area contributed by atoms with Crippen molar-refractivity contribution in [3.63, 3.8) is 0 Å². The number of aromatic nitrogens is 2. The lowest BCUT2D eigenvalue weighted by Crippen LogP contribution is -2.31. The van der Waals surface area contributed by atoms with Gasteiger partial charge < -0.3 is 10.2 Å². The second-order valence-corrected chi connectivity index (χ2v) is 3.30. The monoisotopic (exact) mass is 222 g/mol. The van der Waals surface area contributed by atoms with E-state index in [1.165, 1.54) is 6.20 Å². The minimum atomic E-state index is -0.0720. The van der Waals surface area contributed by atoms with Crippen molar-refractivity contribution in [2.45, 2.75) is 20.8 Å². The van der Waals surface area contributed by atoms with Gasteiger partial charge in [0.15, 0.2) is 0 Å². The molecule has 1 rings (SSSR count). The van der Waals surface area contributed by atoms with Gasteiger partial charge in [0.05, 0.1) is 12.4 Å². The van der Waals surface area contributed by atoms with Crippen molar-refractivity contribution < 1.29 is 4.79 Å². The Balaban J connectivity index is 2.86. The molecule has 5 nitrogen and oxygen atoms in total. The summed E-state index contributed by atoms with van der Waals surface area (Å²) in [5.41, 5.74) is 0.391. The number of rotatable bonds is 5. The van der Waals surface area contributed by atoms with Crippen LogP contribution in [0.3, 0.4) is 0 Å². The molecule has 5 heteroatoms. The summed E-state index contributed by atoms with van der Waals surface area (Å²) in [5, 5.41) is 3.03. The summed E-state index contributed by atoms with van der Waals surface area (Å²) in [6, 6.07) is 0. The van der Waals surface area contributed by atoms with Crippen molar-refractivity contribution in [2.24, 2.45) is 0 Å². The summed E-state index contributed by atoms with van der Waals surface area (Å²) < 4.78 is 0. The first-order valence-corrected chi connectivity index (χ1v) is 5.58.